The average molecular weight is 282 g/mol. The molecule has 1 saturated heterocycles. The van der Waals surface area contributed by atoms with E-state index in [-0.39, 0.29) is 6.61 Å². The normalized spacial score (nSPS) is 26.1. The van der Waals surface area contributed by atoms with Crippen molar-refractivity contribution < 1.29 is 17.9 Å². The molecule has 2 unspecified atom stereocenters. The molecule has 0 aliphatic carbocycles. The third-order valence-electron chi connectivity index (χ3n) is 3.48. The van der Waals surface area contributed by atoms with E-state index in [1.807, 2.05) is 0 Å². The second-order valence-electron chi connectivity index (χ2n) is 5.59. The van der Waals surface area contributed by atoms with Crippen molar-refractivity contribution in [1.29, 1.82) is 0 Å². The maximum Gasteiger partial charge on any atom is 0.522 e. The van der Waals surface area contributed by atoms with Crippen LogP contribution in [-0.4, -0.2) is 49.6 Å². The Labute approximate surface area is 113 Å². The molecule has 0 aromatic rings. The number of alkyl halides is 3. The molecule has 0 aromatic heterocycles. The zero-order valence-electron chi connectivity index (χ0n) is 12.0. The summed E-state index contributed by atoms with van der Waals surface area (Å²) in [4.78, 5) is 2.12. The molecule has 1 fully saturated rings. The predicted molar refractivity (Wildman–Crippen MR) is 68.9 cm³/mol. The second kappa shape index (κ2) is 7.45. The number of nitrogens with one attached hydrogen (secondary N) is 1. The number of rotatable bonds is 6. The Morgan fingerprint density at radius 1 is 1.37 bits per heavy atom. The Hall–Kier alpha value is -0.330. The van der Waals surface area contributed by atoms with Crippen LogP contribution in [0.1, 0.15) is 33.6 Å². The highest BCUT2D eigenvalue weighted by Crippen LogP contribution is 2.18. The van der Waals surface area contributed by atoms with Gasteiger partial charge in [0.25, 0.3) is 0 Å². The fourth-order valence-electron chi connectivity index (χ4n) is 2.61. The number of halogens is 3. The van der Waals surface area contributed by atoms with Crippen molar-refractivity contribution in [1.82, 2.24) is 10.2 Å². The summed E-state index contributed by atoms with van der Waals surface area (Å²) in [6.45, 7) is 8.09. The Morgan fingerprint density at radius 3 is 2.58 bits per heavy atom. The van der Waals surface area contributed by atoms with Gasteiger partial charge >= 0.3 is 6.36 Å². The first kappa shape index (κ1) is 16.7. The van der Waals surface area contributed by atoms with E-state index in [1.54, 1.807) is 0 Å². The lowest BCUT2D eigenvalue weighted by Crippen LogP contribution is -2.57. The molecule has 0 radical (unpaired) electrons. The summed E-state index contributed by atoms with van der Waals surface area (Å²) in [5.74, 6) is 0.587. The van der Waals surface area contributed by atoms with Crippen LogP contribution < -0.4 is 5.32 Å². The molecule has 2 atom stereocenters. The van der Waals surface area contributed by atoms with Crippen LogP contribution in [0.2, 0.25) is 0 Å². The molecule has 1 aliphatic heterocycles. The summed E-state index contributed by atoms with van der Waals surface area (Å²) in [5, 5.41) is 3.48. The zero-order valence-corrected chi connectivity index (χ0v) is 12.0. The van der Waals surface area contributed by atoms with Crippen LogP contribution in [0.5, 0.6) is 0 Å². The quantitative estimate of drug-likeness (QED) is 0.810. The van der Waals surface area contributed by atoms with Gasteiger partial charge in [-0.05, 0) is 18.8 Å². The van der Waals surface area contributed by atoms with Gasteiger partial charge in [0.05, 0.1) is 6.61 Å². The van der Waals surface area contributed by atoms with Crippen LogP contribution in [-0.2, 0) is 4.74 Å². The molecule has 114 valence electrons. The highest BCUT2D eigenvalue weighted by atomic mass is 19.4. The van der Waals surface area contributed by atoms with Crippen molar-refractivity contribution in [2.24, 2.45) is 5.92 Å². The van der Waals surface area contributed by atoms with E-state index < -0.39 is 6.36 Å². The molecule has 1 aliphatic rings. The molecule has 6 heteroatoms. The SMILES string of the molecule is CCC1CNC(CC(C)C)CN1CCOC(F)(F)F. The minimum atomic E-state index is -4.52. The summed E-state index contributed by atoms with van der Waals surface area (Å²) < 4.78 is 39.8. The summed E-state index contributed by atoms with van der Waals surface area (Å²) >= 11 is 0. The number of nitrogens with zero attached hydrogens (tertiary/aromatic N) is 1. The Balaban J connectivity index is 2.41. The van der Waals surface area contributed by atoms with Crippen LogP contribution in [0.15, 0.2) is 0 Å². The Kier molecular flexibility index (Phi) is 6.56. The fourth-order valence-corrected chi connectivity index (χ4v) is 2.61. The van der Waals surface area contributed by atoms with E-state index in [4.69, 9.17) is 0 Å². The summed E-state index contributed by atoms with van der Waals surface area (Å²) in [5.41, 5.74) is 0. The van der Waals surface area contributed by atoms with E-state index in [1.165, 1.54) is 0 Å². The smallest absolute Gasteiger partial charge is 0.311 e. The van der Waals surface area contributed by atoms with Gasteiger partial charge in [-0.1, -0.05) is 20.8 Å². The highest BCUT2D eigenvalue weighted by Gasteiger charge is 2.31. The van der Waals surface area contributed by atoms with Gasteiger partial charge in [-0.3, -0.25) is 9.64 Å². The third kappa shape index (κ3) is 6.58. The minimum absolute atomic E-state index is 0.283. The molecule has 0 saturated carbocycles. The standard InChI is InChI=1S/C13H25F3N2O/c1-4-12-8-17-11(7-10(2)3)9-18(12)5-6-19-13(14,15)16/h10-12,17H,4-9H2,1-3H3. The van der Waals surface area contributed by atoms with Crippen molar-refractivity contribution in [2.75, 3.05) is 26.2 Å². The van der Waals surface area contributed by atoms with Gasteiger partial charge in [-0.2, -0.15) is 0 Å². The number of piperazine rings is 1. The molecule has 0 aromatic carbocycles. The molecular formula is C13H25F3N2O. The van der Waals surface area contributed by atoms with E-state index in [0.29, 0.717) is 24.5 Å². The molecule has 0 bridgehead atoms. The summed E-state index contributed by atoms with van der Waals surface area (Å²) in [7, 11) is 0. The lowest BCUT2D eigenvalue weighted by molar-refractivity contribution is -0.325. The fraction of sp³-hybridized carbons (Fsp3) is 1.00. The largest absolute Gasteiger partial charge is 0.522 e. The van der Waals surface area contributed by atoms with Gasteiger partial charge in [0, 0.05) is 31.7 Å². The number of ether oxygens (including phenoxy) is 1. The lowest BCUT2D eigenvalue weighted by atomic mass is 9.99. The zero-order chi connectivity index (χ0) is 14.5. The van der Waals surface area contributed by atoms with Crippen molar-refractivity contribution >= 4 is 0 Å². The van der Waals surface area contributed by atoms with Crippen molar-refractivity contribution in [3.05, 3.63) is 0 Å². The Morgan fingerprint density at radius 2 is 2.05 bits per heavy atom. The van der Waals surface area contributed by atoms with E-state index in [0.717, 1.165) is 25.9 Å². The first-order valence-electron chi connectivity index (χ1n) is 7.00. The topological polar surface area (TPSA) is 24.5 Å². The number of hydrogen-bond acceptors (Lipinski definition) is 3. The first-order chi connectivity index (χ1) is 8.81. The van der Waals surface area contributed by atoms with Crippen LogP contribution in [0, 0.1) is 5.92 Å². The molecule has 3 nitrogen and oxygen atoms in total. The van der Waals surface area contributed by atoms with E-state index in [9.17, 15) is 13.2 Å². The van der Waals surface area contributed by atoms with Gasteiger partial charge in [-0.25, -0.2) is 0 Å². The van der Waals surface area contributed by atoms with Crippen molar-refractivity contribution in [3.8, 4) is 0 Å². The van der Waals surface area contributed by atoms with E-state index in [2.05, 4.69) is 35.7 Å². The van der Waals surface area contributed by atoms with Gasteiger partial charge in [0.2, 0.25) is 0 Å². The average Bonchev–Trinajstić information content (AvgIpc) is 2.27. The molecule has 0 spiro atoms. The van der Waals surface area contributed by atoms with Crippen LogP contribution >= 0.6 is 0 Å². The first-order valence-corrected chi connectivity index (χ1v) is 7.00. The molecule has 1 rings (SSSR count). The van der Waals surface area contributed by atoms with Crippen molar-refractivity contribution in [2.45, 2.75) is 52.1 Å². The highest BCUT2D eigenvalue weighted by molar-refractivity contribution is 4.85. The molecule has 1 heterocycles. The van der Waals surface area contributed by atoms with Gasteiger partial charge < -0.3 is 5.32 Å². The summed E-state index contributed by atoms with van der Waals surface area (Å²) in [6, 6.07) is 0.675. The van der Waals surface area contributed by atoms with Crippen LogP contribution in [0.4, 0.5) is 13.2 Å². The molecule has 0 amide bonds. The van der Waals surface area contributed by atoms with Gasteiger partial charge in [0.15, 0.2) is 0 Å². The van der Waals surface area contributed by atoms with Crippen LogP contribution in [0.3, 0.4) is 0 Å². The Bertz CT molecular complexity index is 259. The molecule has 1 N–H and O–H groups in total. The molecular weight excluding hydrogens is 257 g/mol. The van der Waals surface area contributed by atoms with Gasteiger partial charge in [0.1, 0.15) is 0 Å². The predicted octanol–water partition coefficient (Wildman–Crippen LogP) is 2.62. The lowest BCUT2D eigenvalue weighted by Gasteiger charge is -2.40. The second-order valence-corrected chi connectivity index (χ2v) is 5.59. The molecule has 19 heavy (non-hydrogen) atoms. The maximum absolute atomic E-state index is 12.0. The number of hydrogen-bond donors (Lipinski definition) is 1. The third-order valence-corrected chi connectivity index (χ3v) is 3.48. The monoisotopic (exact) mass is 282 g/mol. The van der Waals surface area contributed by atoms with E-state index >= 15 is 0 Å². The maximum atomic E-state index is 12.0. The van der Waals surface area contributed by atoms with Crippen LogP contribution in [0.25, 0.3) is 0 Å². The summed E-state index contributed by atoms with van der Waals surface area (Å²) in [6.07, 6.45) is -2.53. The minimum Gasteiger partial charge on any atom is -0.311 e. The van der Waals surface area contributed by atoms with Gasteiger partial charge in [-0.15, -0.1) is 13.2 Å². The van der Waals surface area contributed by atoms with Crippen molar-refractivity contribution in [3.63, 3.8) is 0 Å².